The second kappa shape index (κ2) is 3.80. The molecule has 0 bridgehead atoms. The molecule has 1 saturated carbocycles. The van der Waals surface area contributed by atoms with Gasteiger partial charge < -0.3 is 4.90 Å². The Labute approximate surface area is 112 Å². The first-order valence-corrected chi connectivity index (χ1v) is 6.96. The minimum atomic E-state index is -0.0308. The van der Waals surface area contributed by atoms with E-state index in [0.717, 1.165) is 36.0 Å². The van der Waals surface area contributed by atoms with Crippen LogP contribution >= 0.6 is 0 Å². The van der Waals surface area contributed by atoms with Crippen LogP contribution < -0.4 is 4.90 Å². The Morgan fingerprint density at radius 2 is 1.89 bits per heavy atom. The Morgan fingerprint density at radius 1 is 1.11 bits per heavy atom. The van der Waals surface area contributed by atoms with Crippen molar-refractivity contribution < 1.29 is 4.79 Å². The molecule has 2 aliphatic rings. The maximum absolute atomic E-state index is 12.5. The van der Waals surface area contributed by atoms with Crippen molar-refractivity contribution >= 4 is 22.5 Å². The average Bonchev–Trinajstić information content (AvgIpc) is 2.96. The van der Waals surface area contributed by atoms with Crippen LogP contribution in [0.2, 0.25) is 0 Å². The Bertz CT molecular complexity index is 653. The van der Waals surface area contributed by atoms with Crippen molar-refractivity contribution in [2.24, 2.45) is 5.41 Å². The van der Waals surface area contributed by atoms with E-state index in [0.29, 0.717) is 5.91 Å². The Morgan fingerprint density at radius 3 is 2.68 bits per heavy atom. The van der Waals surface area contributed by atoms with E-state index < -0.39 is 0 Å². The van der Waals surface area contributed by atoms with Crippen LogP contribution in [0, 0.1) is 5.41 Å². The molecule has 0 unspecified atom stereocenters. The number of pyridine rings is 1. The molecule has 96 valence electrons. The summed E-state index contributed by atoms with van der Waals surface area (Å²) in [5.74, 6) is 0.308. The molecular weight excluding hydrogens is 236 g/mol. The van der Waals surface area contributed by atoms with Gasteiger partial charge in [-0.2, -0.15) is 0 Å². The van der Waals surface area contributed by atoms with Crippen LogP contribution in [0.5, 0.6) is 0 Å². The fraction of sp³-hybridized carbons (Fsp3) is 0.375. The summed E-state index contributed by atoms with van der Waals surface area (Å²) in [6.07, 6.45) is 6.34. The highest BCUT2D eigenvalue weighted by Crippen LogP contribution is 2.48. The first kappa shape index (κ1) is 11.0. The zero-order chi connectivity index (χ0) is 12.9. The number of anilines is 1. The van der Waals surface area contributed by atoms with Crippen LogP contribution in [0.25, 0.3) is 10.9 Å². The SMILES string of the molecule is O=C1N(c2cccc3cccnc23)CC12CCCC2. The number of nitrogens with zero attached hydrogens (tertiary/aromatic N) is 2. The number of β-lactam (4-membered cyclic amide) rings is 1. The molecule has 3 heteroatoms. The summed E-state index contributed by atoms with van der Waals surface area (Å²) in [5, 5.41) is 1.10. The summed E-state index contributed by atoms with van der Waals surface area (Å²) in [5.41, 5.74) is 1.88. The molecule has 0 atom stereocenters. The molecule has 1 aliphatic heterocycles. The Hall–Kier alpha value is -1.90. The molecule has 1 saturated heterocycles. The number of hydrogen-bond donors (Lipinski definition) is 0. The zero-order valence-electron chi connectivity index (χ0n) is 10.8. The minimum absolute atomic E-state index is 0.0308. The van der Waals surface area contributed by atoms with Crippen LogP contribution in [-0.2, 0) is 4.79 Å². The monoisotopic (exact) mass is 252 g/mol. The Kier molecular flexibility index (Phi) is 2.19. The molecule has 0 N–H and O–H groups in total. The van der Waals surface area contributed by atoms with E-state index in [-0.39, 0.29) is 5.41 Å². The lowest BCUT2D eigenvalue weighted by Crippen LogP contribution is -2.60. The van der Waals surface area contributed by atoms with E-state index in [1.807, 2.05) is 35.2 Å². The molecule has 1 aromatic carbocycles. The van der Waals surface area contributed by atoms with E-state index >= 15 is 0 Å². The van der Waals surface area contributed by atoms with Crippen molar-refractivity contribution in [3.05, 3.63) is 36.5 Å². The van der Waals surface area contributed by atoms with Gasteiger partial charge in [0, 0.05) is 18.1 Å². The maximum Gasteiger partial charge on any atom is 0.235 e. The highest BCUT2D eigenvalue weighted by Gasteiger charge is 2.53. The number of benzene rings is 1. The lowest BCUT2D eigenvalue weighted by atomic mass is 9.77. The van der Waals surface area contributed by atoms with Gasteiger partial charge in [-0.25, -0.2) is 0 Å². The van der Waals surface area contributed by atoms with Gasteiger partial charge in [-0.3, -0.25) is 9.78 Å². The molecule has 2 heterocycles. The molecule has 1 spiro atoms. The summed E-state index contributed by atoms with van der Waals surface area (Å²) >= 11 is 0. The van der Waals surface area contributed by atoms with Crippen molar-refractivity contribution in [2.45, 2.75) is 25.7 Å². The van der Waals surface area contributed by atoms with Crippen LogP contribution in [0.3, 0.4) is 0 Å². The number of carbonyl (C=O) groups excluding carboxylic acids is 1. The smallest absolute Gasteiger partial charge is 0.235 e. The molecule has 4 rings (SSSR count). The number of hydrogen-bond acceptors (Lipinski definition) is 2. The van der Waals surface area contributed by atoms with E-state index in [4.69, 9.17) is 0 Å². The molecule has 2 aromatic rings. The van der Waals surface area contributed by atoms with Gasteiger partial charge >= 0.3 is 0 Å². The van der Waals surface area contributed by atoms with Gasteiger partial charge in [-0.15, -0.1) is 0 Å². The predicted octanol–water partition coefficient (Wildman–Crippen LogP) is 3.14. The third-order valence-corrected chi connectivity index (χ3v) is 4.62. The highest BCUT2D eigenvalue weighted by atomic mass is 16.2. The van der Waals surface area contributed by atoms with Gasteiger partial charge in [0.15, 0.2) is 0 Å². The molecule has 1 aromatic heterocycles. The summed E-state index contributed by atoms with van der Waals surface area (Å²) < 4.78 is 0. The Balaban J connectivity index is 1.75. The zero-order valence-corrected chi connectivity index (χ0v) is 10.8. The van der Waals surface area contributed by atoms with Crippen LogP contribution in [-0.4, -0.2) is 17.4 Å². The van der Waals surface area contributed by atoms with Crippen molar-refractivity contribution in [3.8, 4) is 0 Å². The molecule has 19 heavy (non-hydrogen) atoms. The van der Waals surface area contributed by atoms with E-state index in [2.05, 4.69) is 4.98 Å². The largest absolute Gasteiger partial charge is 0.309 e. The number of fused-ring (bicyclic) bond motifs is 1. The van der Waals surface area contributed by atoms with Gasteiger partial charge in [0.25, 0.3) is 0 Å². The number of amides is 1. The lowest BCUT2D eigenvalue weighted by Gasteiger charge is -2.47. The number of aromatic nitrogens is 1. The van der Waals surface area contributed by atoms with Crippen LogP contribution in [0.4, 0.5) is 5.69 Å². The van der Waals surface area contributed by atoms with Crippen molar-refractivity contribution in [1.82, 2.24) is 4.98 Å². The van der Waals surface area contributed by atoms with Gasteiger partial charge in [0.2, 0.25) is 5.91 Å². The van der Waals surface area contributed by atoms with Gasteiger partial charge in [-0.05, 0) is 25.0 Å². The number of carbonyl (C=O) groups is 1. The predicted molar refractivity (Wildman–Crippen MR) is 75.0 cm³/mol. The maximum atomic E-state index is 12.5. The van der Waals surface area contributed by atoms with E-state index in [9.17, 15) is 4.79 Å². The number of para-hydroxylation sites is 1. The third kappa shape index (κ3) is 1.44. The second-order valence-electron chi connectivity index (χ2n) is 5.73. The van der Waals surface area contributed by atoms with Crippen molar-refractivity contribution in [2.75, 3.05) is 11.4 Å². The first-order chi connectivity index (χ1) is 9.30. The second-order valence-corrected chi connectivity index (χ2v) is 5.73. The summed E-state index contributed by atoms with van der Waals surface area (Å²) in [4.78, 5) is 18.9. The summed E-state index contributed by atoms with van der Waals surface area (Å²) in [7, 11) is 0. The molecule has 1 amide bonds. The summed E-state index contributed by atoms with van der Waals surface area (Å²) in [6.45, 7) is 0.877. The fourth-order valence-corrected chi connectivity index (χ4v) is 3.56. The van der Waals surface area contributed by atoms with Crippen LogP contribution in [0.1, 0.15) is 25.7 Å². The fourth-order valence-electron chi connectivity index (χ4n) is 3.56. The number of rotatable bonds is 1. The molecule has 2 fully saturated rings. The molecule has 1 aliphatic carbocycles. The average molecular weight is 252 g/mol. The molecule has 0 radical (unpaired) electrons. The van der Waals surface area contributed by atoms with Crippen LogP contribution in [0.15, 0.2) is 36.5 Å². The third-order valence-electron chi connectivity index (χ3n) is 4.62. The van der Waals surface area contributed by atoms with E-state index in [1.54, 1.807) is 6.20 Å². The van der Waals surface area contributed by atoms with Crippen molar-refractivity contribution in [3.63, 3.8) is 0 Å². The topological polar surface area (TPSA) is 33.2 Å². The van der Waals surface area contributed by atoms with Gasteiger partial charge in [0.1, 0.15) is 0 Å². The summed E-state index contributed by atoms with van der Waals surface area (Å²) in [6, 6.07) is 10.0. The first-order valence-electron chi connectivity index (χ1n) is 6.96. The highest BCUT2D eigenvalue weighted by molar-refractivity contribution is 6.09. The minimum Gasteiger partial charge on any atom is -0.309 e. The lowest BCUT2D eigenvalue weighted by molar-refractivity contribution is -0.134. The van der Waals surface area contributed by atoms with Gasteiger partial charge in [-0.1, -0.05) is 31.0 Å². The van der Waals surface area contributed by atoms with Crippen molar-refractivity contribution in [1.29, 1.82) is 0 Å². The molecule has 3 nitrogen and oxygen atoms in total. The van der Waals surface area contributed by atoms with E-state index in [1.165, 1.54) is 12.8 Å². The quantitative estimate of drug-likeness (QED) is 0.730. The standard InChI is InChI=1S/C16H16N2O/c19-15-16(8-1-2-9-16)11-18(15)13-7-3-5-12-6-4-10-17-14(12)13/h3-7,10H,1-2,8-9,11H2. The molecular formula is C16H16N2O. The normalized spacial score (nSPS) is 21.1. The van der Waals surface area contributed by atoms with Gasteiger partial charge in [0.05, 0.1) is 16.6 Å².